The van der Waals surface area contributed by atoms with E-state index in [0.717, 1.165) is 16.1 Å². The molecule has 14 heavy (non-hydrogen) atoms. The predicted molar refractivity (Wildman–Crippen MR) is 69.6 cm³/mol. The van der Waals surface area contributed by atoms with Gasteiger partial charge in [0, 0.05) is 14.2 Å². The third-order valence-electron chi connectivity index (χ3n) is 2.03. The van der Waals surface area contributed by atoms with Gasteiger partial charge in [-0.2, -0.15) is 0 Å². The lowest BCUT2D eigenvalue weighted by Gasteiger charge is -2.03. The smallest absolute Gasteiger partial charge is 0.0484 e. The minimum atomic E-state index is 0.800. The molecule has 0 atom stereocenters. The Kier molecular flexibility index (Phi) is 3.08. The first-order chi connectivity index (χ1) is 6.77. The van der Waals surface area contributed by atoms with Crippen molar-refractivity contribution in [2.24, 2.45) is 0 Å². The lowest BCUT2D eigenvalue weighted by molar-refractivity contribution is 1.59. The van der Waals surface area contributed by atoms with Crippen LogP contribution in [0, 0.1) is 3.57 Å². The van der Waals surface area contributed by atoms with E-state index in [-0.39, 0.29) is 0 Å². The molecular weight excluding hydrogens is 306 g/mol. The molecule has 70 valence electrons. The summed E-state index contributed by atoms with van der Waals surface area (Å²) in [5, 5.41) is 0.800. The zero-order valence-electron chi connectivity index (χ0n) is 7.37. The highest BCUT2D eigenvalue weighted by atomic mass is 127. The topological polar surface area (TPSA) is 0 Å². The average molecular weight is 315 g/mol. The van der Waals surface area contributed by atoms with Gasteiger partial charge in [-0.1, -0.05) is 41.9 Å². The first-order valence-corrected chi connectivity index (χ1v) is 5.73. The fourth-order valence-corrected chi connectivity index (χ4v) is 1.93. The zero-order chi connectivity index (χ0) is 9.97. The largest absolute Gasteiger partial charge is 0.0837 e. The Morgan fingerprint density at radius 3 is 2.14 bits per heavy atom. The molecule has 2 rings (SSSR count). The Hall–Kier alpha value is -0.540. The van der Waals surface area contributed by atoms with E-state index in [9.17, 15) is 0 Å². The summed E-state index contributed by atoms with van der Waals surface area (Å²) in [4.78, 5) is 0. The zero-order valence-corrected chi connectivity index (χ0v) is 10.3. The Morgan fingerprint density at radius 1 is 0.857 bits per heavy atom. The van der Waals surface area contributed by atoms with Crippen molar-refractivity contribution < 1.29 is 0 Å². The second-order valence-corrected chi connectivity index (χ2v) is 4.64. The molecule has 0 aliphatic heterocycles. The Morgan fingerprint density at radius 2 is 1.50 bits per heavy atom. The van der Waals surface area contributed by atoms with E-state index in [1.54, 1.807) is 0 Å². The van der Waals surface area contributed by atoms with Crippen molar-refractivity contribution >= 4 is 34.2 Å². The molecule has 0 N–H and O–H groups in total. The Bertz CT molecular complexity index is 434. The SMILES string of the molecule is Clc1ccccc1-c1ccc(I)cc1. The molecule has 0 radical (unpaired) electrons. The highest BCUT2D eigenvalue weighted by molar-refractivity contribution is 14.1. The number of halogens is 2. The fourth-order valence-electron chi connectivity index (χ4n) is 1.32. The highest BCUT2D eigenvalue weighted by Crippen LogP contribution is 2.27. The van der Waals surface area contributed by atoms with E-state index in [1.807, 2.05) is 24.3 Å². The van der Waals surface area contributed by atoms with Crippen LogP contribution in [-0.4, -0.2) is 0 Å². The van der Waals surface area contributed by atoms with Gasteiger partial charge < -0.3 is 0 Å². The van der Waals surface area contributed by atoms with E-state index in [1.165, 1.54) is 3.57 Å². The number of benzene rings is 2. The molecule has 2 heteroatoms. The van der Waals surface area contributed by atoms with Crippen molar-refractivity contribution in [1.82, 2.24) is 0 Å². The van der Waals surface area contributed by atoms with Gasteiger partial charge in [-0.05, 0) is 46.4 Å². The standard InChI is InChI=1S/C12H8ClI/c13-12-4-2-1-3-11(12)9-5-7-10(14)8-6-9/h1-8H. The minimum absolute atomic E-state index is 0.800. The molecule has 0 unspecified atom stereocenters. The van der Waals surface area contributed by atoms with Crippen LogP contribution in [0.3, 0.4) is 0 Å². The number of hydrogen-bond donors (Lipinski definition) is 0. The molecule has 0 spiro atoms. The second-order valence-electron chi connectivity index (χ2n) is 2.99. The minimum Gasteiger partial charge on any atom is -0.0837 e. The second kappa shape index (κ2) is 4.32. The van der Waals surface area contributed by atoms with Crippen molar-refractivity contribution in [2.75, 3.05) is 0 Å². The summed E-state index contributed by atoms with van der Waals surface area (Å²) in [5.41, 5.74) is 2.25. The van der Waals surface area contributed by atoms with Crippen LogP contribution in [0.1, 0.15) is 0 Å². The van der Waals surface area contributed by atoms with E-state index in [0.29, 0.717) is 0 Å². The van der Waals surface area contributed by atoms with Crippen LogP contribution in [0.15, 0.2) is 48.5 Å². The molecule has 0 heterocycles. The summed E-state index contributed by atoms with van der Waals surface area (Å²) in [6, 6.07) is 16.2. The predicted octanol–water partition coefficient (Wildman–Crippen LogP) is 4.61. The maximum Gasteiger partial charge on any atom is 0.0484 e. The van der Waals surface area contributed by atoms with Gasteiger partial charge >= 0.3 is 0 Å². The molecular formula is C12H8ClI. The van der Waals surface area contributed by atoms with Crippen LogP contribution < -0.4 is 0 Å². The van der Waals surface area contributed by atoms with Gasteiger partial charge in [0.25, 0.3) is 0 Å². The van der Waals surface area contributed by atoms with Crippen LogP contribution in [0.25, 0.3) is 11.1 Å². The molecule has 0 saturated carbocycles. The summed E-state index contributed by atoms with van der Waals surface area (Å²) < 4.78 is 1.23. The van der Waals surface area contributed by atoms with Gasteiger partial charge in [-0.25, -0.2) is 0 Å². The maximum absolute atomic E-state index is 6.10. The lowest BCUT2D eigenvalue weighted by atomic mass is 10.1. The molecule has 0 bridgehead atoms. The van der Waals surface area contributed by atoms with Crippen LogP contribution in [0.4, 0.5) is 0 Å². The lowest BCUT2D eigenvalue weighted by Crippen LogP contribution is -1.79. The first kappa shape index (κ1) is 9.99. The number of hydrogen-bond acceptors (Lipinski definition) is 0. The van der Waals surface area contributed by atoms with Crippen molar-refractivity contribution in [2.45, 2.75) is 0 Å². The average Bonchev–Trinajstić information content (AvgIpc) is 2.20. The van der Waals surface area contributed by atoms with E-state index < -0.39 is 0 Å². The molecule has 2 aromatic carbocycles. The van der Waals surface area contributed by atoms with Crippen molar-refractivity contribution in [3.8, 4) is 11.1 Å². The van der Waals surface area contributed by atoms with E-state index in [2.05, 4.69) is 46.9 Å². The monoisotopic (exact) mass is 314 g/mol. The molecule has 0 aromatic heterocycles. The summed E-state index contributed by atoms with van der Waals surface area (Å²) in [5.74, 6) is 0. The third-order valence-corrected chi connectivity index (χ3v) is 3.08. The van der Waals surface area contributed by atoms with E-state index >= 15 is 0 Å². The highest BCUT2D eigenvalue weighted by Gasteiger charge is 2.00. The quantitative estimate of drug-likeness (QED) is 0.674. The summed E-state index contributed by atoms with van der Waals surface area (Å²) in [7, 11) is 0. The molecule has 2 aromatic rings. The van der Waals surface area contributed by atoms with Crippen LogP contribution in [0.2, 0.25) is 5.02 Å². The van der Waals surface area contributed by atoms with E-state index in [4.69, 9.17) is 11.6 Å². The maximum atomic E-state index is 6.10. The molecule has 0 aliphatic rings. The molecule has 0 amide bonds. The van der Waals surface area contributed by atoms with Gasteiger partial charge in [-0.3, -0.25) is 0 Å². The fraction of sp³-hybridized carbons (Fsp3) is 0. The van der Waals surface area contributed by atoms with Crippen LogP contribution in [-0.2, 0) is 0 Å². The Balaban J connectivity index is 2.50. The van der Waals surface area contributed by atoms with Gasteiger partial charge in [0.1, 0.15) is 0 Å². The molecule has 0 saturated heterocycles. The van der Waals surface area contributed by atoms with Crippen molar-refractivity contribution in [1.29, 1.82) is 0 Å². The van der Waals surface area contributed by atoms with Gasteiger partial charge in [-0.15, -0.1) is 0 Å². The van der Waals surface area contributed by atoms with Crippen molar-refractivity contribution in [3.05, 3.63) is 57.1 Å². The first-order valence-electron chi connectivity index (χ1n) is 4.28. The number of rotatable bonds is 1. The van der Waals surface area contributed by atoms with Gasteiger partial charge in [0.05, 0.1) is 0 Å². The molecule has 0 fully saturated rings. The summed E-state index contributed by atoms with van der Waals surface area (Å²) in [6.07, 6.45) is 0. The van der Waals surface area contributed by atoms with Crippen LogP contribution >= 0.6 is 34.2 Å². The Labute approximate surface area is 102 Å². The van der Waals surface area contributed by atoms with Crippen molar-refractivity contribution in [3.63, 3.8) is 0 Å². The van der Waals surface area contributed by atoms with Gasteiger partial charge in [0.2, 0.25) is 0 Å². The van der Waals surface area contributed by atoms with Crippen LogP contribution in [0.5, 0.6) is 0 Å². The molecule has 0 aliphatic carbocycles. The third kappa shape index (κ3) is 2.10. The summed E-state index contributed by atoms with van der Waals surface area (Å²) >= 11 is 8.39. The summed E-state index contributed by atoms with van der Waals surface area (Å²) in [6.45, 7) is 0. The van der Waals surface area contributed by atoms with Gasteiger partial charge in [0.15, 0.2) is 0 Å². The normalized spacial score (nSPS) is 10.1. The molecule has 0 nitrogen and oxygen atoms in total.